The fourth-order valence-corrected chi connectivity index (χ4v) is 3.57. The van der Waals surface area contributed by atoms with Crippen LogP contribution < -0.4 is 0 Å². The van der Waals surface area contributed by atoms with Crippen LogP contribution in [-0.2, 0) is 0 Å². The number of aromatic nitrogens is 2. The van der Waals surface area contributed by atoms with Crippen LogP contribution >= 0.6 is 27.7 Å². The van der Waals surface area contributed by atoms with E-state index in [1.807, 2.05) is 63.2 Å². The molecule has 0 spiro atoms. The number of nitrogens with zero attached hydrogens (tertiary/aromatic N) is 2. The highest BCUT2D eigenvalue weighted by Gasteiger charge is 2.21. The molecule has 1 atom stereocenters. The summed E-state index contributed by atoms with van der Waals surface area (Å²) in [6.07, 6.45) is 0. The summed E-state index contributed by atoms with van der Waals surface area (Å²) >= 11 is 4.70. The van der Waals surface area contributed by atoms with E-state index < -0.39 is 0 Å². The van der Waals surface area contributed by atoms with Crippen LogP contribution in [0.5, 0.6) is 0 Å². The molecule has 1 aromatic heterocycles. The number of halogens is 1. The molecule has 0 aliphatic heterocycles. The minimum absolute atomic E-state index is 0.0633. The first kappa shape index (κ1) is 17.9. The number of aryl methyl sites for hydroxylation is 2. The standard InChI is InChI=1S/C19H17BrN2O2S/c1-11-7-8-12(2)16(9-11)17(23)13(3)25-19-22-21-18(24-19)14-5-4-6-15(20)10-14/h4-10,13H,1-3H3/t13-/m0/s1. The number of carbonyl (C=O) groups excluding carboxylic acids is 1. The second-order valence-corrected chi connectivity index (χ2v) is 8.03. The minimum atomic E-state index is -0.309. The van der Waals surface area contributed by atoms with Crippen molar-refractivity contribution in [2.75, 3.05) is 0 Å². The summed E-state index contributed by atoms with van der Waals surface area (Å²) in [5.41, 5.74) is 3.62. The first-order chi connectivity index (χ1) is 11.9. The Balaban J connectivity index is 1.76. The van der Waals surface area contributed by atoms with Gasteiger partial charge >= 0.3 is 0 Å². The van der Waals surface area contributed by atoms with Gasteiger partial charge < -0.3 is 4.42 Å². The second-order valence-electron chi connectivity index (χ2n) is 5.83. The quantitative estimate of drug-likeness (QED) is 0.407. The van der Waals surface area contributed by atoms with Gasteiger partial charge in [-0.1, -0.05) is 51.5 Å². The Labute approximate surface area is 159 Å². The molecule has 3 aromatic rings. The molecule has 0 saturated heterocycles. The van der Waals surface area contributed by atoms with Crippen molar-refractivity contribution in [2.24, 2.45) is 0 Å². The zero-order valence-electron chi connectivity index (χ0n) is 14.1. The lowest BCUT2D eigenvalue weighted by Gasteiger charge is -2.10. The summed E-state index contributed by atoms with van der Waals surface area (Å²) in [5, 5.41) is 8.21. The number of thioether (sulfide) groups is 1. The molecule has 25 heavy (non-hydrogen) atoms. The molecule has 6 heteroatoms. The van der Waals surface area contributed by atoms with Crippen molar-refractivity contribution in [1.82, 2.24) is 10.2 Å². The molecule has 3 rings (SSSR count). The maximum absolute atomic E-state index is 12.7. The Morgan fingerprint density at radius 1 is 1.16 bits per heavy atom. The monoisotopic (exact) mass is 416 g/mol. The molecule has 0 aliphatic rings. The molecular weight excluding hydrogens is 400 g/mol. The molecule has 4 nitrogen and oxygen atoms in total. The van der Waals surface area contributed by atoms with Gasteiger partial charge in [-0.3, -0.25) is 4.79 Å². The fourth-order valence-electron chi connectivity index (χ4n) is 2.42. The molecule has 0 radical (unpaired) electrons. The Hall–Kier alpha value is -1.92. The molecule has 0 fully saturated rings. The molecule has 0 aliphatic carbocycles. The van der Waals surface area contributed by atoms with Gasteiger partial charge in [-0.05, 0) is 50.6 Å². The van der Waals surface area contributed by atoms with E-state index >= 15 is 0 Å². The maximum Gasteiger partial charge on any atom is 0.277 e. The molecule has 0 saturated carbocycles. The van der Waals surface area contributed by atoms with Gasteiger partial charge in [0.15, 0.2) is 5.78 Å². The molecule has 0 amide bonds. The number of benzene rings is 2. The minimum Gasteiger partial charge on any atom is -0.411 e. The van der Waals surface area contributed by atoms with Crippen LogP contribution in [0.4, 0.5) is 0 Å². The fraction of sp³-hybridized carbons (Fsp3) is 0.211. The van der Waals surface area contributed by atoms with E-state index in [4.69, 9.17) is 4.42 Å². The third kappa shape index (κ3) is 4.19. The van der Waals surface area contributed by atoms with Crippen LogP contribution in [0, 0.1) is 13.8 Å². The summed E-state index contributed by atoms with van der Waals surface area (Å²) in [4.78, 5) is 12.7. The highest BCUT2D eigenvalue weighted by molar-refractivity contribution is 9.10. The molecule has 0 bridgehead atoms. The van der Waals surface area contributed by atoms with Crippen LogP contribution in [0.15, 0.2) is 56.6 Å². The van der Waals surface area contributed by atoms with Gasteiger partial charge in [-0.25, -0.2) is 0 Å². The van der Waals surface area contributed by atoms with Gasteiger partial charge in [0.25, 0.3) is 5.22 Å². The Kier molecular flexibility index (Phi) is 5.39. The van der Waals surface area contributed by atoms with Crippen molar-refractivity contribution in [2.45, 2.75) is 31.2 Å². The highest BCUT2D eigenvalue weighted by Crippen LogP contribution is 2.29. The van der Waals surface area contributed by atoms with Crippen LogP contribution in [0.25, 0.3) is 11.5 Å². The van der Waals surface area contributed by atoms with E-state index in [2.05, 4.69) is 26.1 Å². The van der Waals surface area contributed by atoms with E-state index in [1.165, 1.54) is 11.8 Å². The Bertz CT molecular complexity index is 923. The smallest absolute Gasteiger partial charge is 0.277 e. The number of rotatable bonds is 5. The summed E-state index contributed by atoms with van der Waals surface area (Å²) in [7, 11) is 0. The van der Waals surface area contributed by atoms with Crippen molar-refractivity contribution in [1.29, 1.82) is 0 Å². The summed E-state index contributed by atoms with van der Waals surface area (Å²) in [5.74, 6) is 0.503. The number of hydrogen-bond donors (Lipinski definition) is 0. The van der Waals surface area contributed by atoms with Crippen LogP contribution in [0.3, 0.4) is 0 Å². The third-order valence-corrected chi connectivity index (χ3v) is 5.21. The molecular formula is C19H17BrN2O2S. The molecule has 2 aromatic carbocycles. The summed E-state index contributed by atoms with van der Waals surface area (Å²) < 4.78 is 6.64. The Morgan fingerprint density at radius 2 is 1.96 bits per heavy atom. The lowest BCUT2D eigenvalue weighted by molar-refractivity contribution is 0.0993. The topological polar surface area (TPSA) is 56.0 Å². The lowest BCUT2D eigenvalue weighted by atomic mass is 10.0. The molecule has 128 valence electrons. The van der Waals surface area contributed by atoms with Crippen LogP contribution in [-0.4, -0.2) is 21.2 Å². The van der Waals surface area contributed by atoms with E-state index in [1.54, 1.807) is 0 Å². The third-order valence-electron chi connectivity index (χ3n) is 3.78. The van der Waals surface area contributed by atoms with Gasteiger partial charge in [0.05, 0.1) is 5.25 Å². The van der Waals surface area contributed by atoms with Crippen LogP contribution in [0.2, 0.25) is 0 Å². The maximum atomic E-state index is 12.7. The van der Waals surface area contributed by atoms with E-state index in [9.17, 15) is 4.79 Å². The number of hydrogen-bond acceptors (Lipinski definition) is 5. The van der Waals surface area contributed by atoms with Gasteiger partial charge in [-0.15, -0.1) is 10.2 Å². The van der Waals surface area contributed by atoms with Gasteiger partial charge in [0.1, 0.15) is 0 Å². The first-order valence-electron chi connectivity index (χ1n) is 7.81. The average molecular weight is 417 g/mol. The van der Waals surface area contributed by atoms with Crippen molar-refractivity contribution < 1.29 is 9.21 Å². The van der Waals surface area contributed by atoms with Gasteiger partial charge in [0, 0.05) is 15.6 Å². The highest BCUT2D eigenvalue weighted by atomic mass is 79.9. The SMILES string of the molecule is Cc1ccc(C)c(C(=O)[C@H](C)Sc2nnc(-c3cccc(Br)c3)o2)c1. The lowest BCUT2D eigenvalue weighted by Crippen LogP contribution is -2.15. The number of Topliss-reactive ketones (excluding diaryl/α,β-unsaturated/α-hetero) is 1. The summed E-state index contributed by atoms with van der Waals surface area (Å²) in [6, 6.07) is 13.5. The van der Waals surface area contributed by atoms with E-state index in [-0.39, 0.29) is 11.0 Å². The summed E-state index contributed by atoms with van der Waals surface area (Å²) in [6.45, 7) is 5.79. The van der Waals surface area contributed by atoms with Gasteiger partial charge in [0.2, 0.25) is 5.89 Å². The zero-order chi connectivity index (χ0) is 18.0. The average Bonchev–Trinajstić information content (AvgIpc) is 3.05. The Morgan fingerprint density at radius 3 is 2.72 bits per heavy atom. The normalized spacial score (nSPS) is 12.2. The van der Waals surface area contributed by atoms with Crippen LogP contribution in [0.1, 0.15) is 28.4 Å². The van der Waals surface area contributed by atoms with Crippen molar-refractivity contribution in [3.8, 4) is 11.5 Å². The molecule has 0 unspecified atom stereocenters. The predicted molar refractivity (Wildman–Crippen MR) is 103 cm³/mol. The number of carbonyl (C=O) groups is 1. The molecule has 1 heterocycles. The number of ketones is 1. The zero-order valence-corrected chi connectivity index (χ0v) is 16.5. The van der Waals surface area contributed by atoms with Crippen molar-refractivity contribution in [3.63, 3.8) is 0 Å². The predicted octanol–water partition coefficient (Wildman–Crippen LogP) is 5.48. The van der Waals surface area contributed by atoms with Crippen molar-refractivity contribution in [3.05, 3.63) is 63.6 Å². The largest absolute Gasteiger partial charge is 0.411 e. The van der Waals surface area contributed by atoms with E-state index in [0.29, 0.717) is 11.1 Å². The van der Waals surface area contributed by atoms with Crippen molar-refractivity contribution >= 4 is 33.5 Å². The van der Waals surface area contributed by atoms with Gasteiger partial charge in [-0.2, -0.15) is 0 Å². The second kappa shape index (κ2) is 7.54. The van der Waals surface area contributed by atoms with E-state index in [0.717, 1.165) is 26.7 Å². The molecule has 0 N–H and O–H groups in total. The first-order valence-corrected chi connectivity index (χ1v) is 9.49.